The van der Waals surface area contributed by atoms with Gasteiger partial charge < -0.3 is 4.90 Å². The number of rotatable bonds is 6. The number of nitrogens with zero attached hydrogens (tertiary/aromatic N) is 2. The molecule has 152 valence electrons. The minimum atomic E-state index is -0.349. The van der Waals surface area contributed by atoms with Gasteiger partial charge in [-0.05, 0) is 36.3 Å². The smallest absolute Gasteiger partial charge is 0.262 e. The predicted octanol–water partition coefficient (Wildman–Crippen LogP) is 2.37. The second kappa shape index (κ2) is 10.4. The molecule has 0 aliphatic carbocycles. The molecule has 2 aromatic rings. The van der Waals surface area contributed by atoms with Crippen molar-refractivity contribution in [2.75, 3.05) is 37.6 Å². The van der Waals surface area contributed by atoms with Crippen LogP contribution in [0.4, 0.5) is 5.69 Å². The number of piperazine rings is 1. The first-order chi connectivity index (χ1) is 14.1. The van der Waals surface area contributed by atoms with Crippen LogP contribution in [-0.2, 0) is 9.59 Å². The minimum Gasteiger partial charge on any atom is -0.369 e. The average molecular weight is 393 g/mol. The van der Waals surface area contributed by atoms with Crippen LogP contribution in [-0.4, -0.2) is 49.4 Å². The molecule has 1 fully saturated rings. The number of benzene rings is 2. The maximum atomic E-state index is 12.0. The summed E-state index contributed by atoms with van der Waals surface area (Å²) in [6.45, 7) is 6.42. The van der Waals surface area contributed by atoms with Gasteiger partial charge in [-0.3, -0.25) is 25.3 Å². The lowest BCUT2D eigenvalue weighted by molar-refractivity contribution is -0.127. The monoisotopic (exact) mass is 392 g/mol. The van der Waals surface area contributed by atoms with Gasteiger partial charge in [-0.1, -0.05) is 42.5 Å². The van der Waals surface area contributed by atoms with E-state index in [4.69, 9.17) is 0 Å². The summed E-state index contributed by atoms with van der Waals surface area (Å²) in [5.74, 6) is -0.536. The first kappa shape index (κ1) is 20.6. The van der Waals surface area contributed by atoms with Crippen LogP contribution in [0.1, 0.15) is 17.5 Å². The van der Waals surface area contributed by atoms with Gasteiger partial charge in [0.25, 0.3) is 5.91 Å². The molecule has 0 saturated carbocycles. The number of nitrogens with one attached hydrogen (secondary N) is 2. The Balaban J connectivity index is 1.33. The van der Waals surface area contributed by atoms with E-state index >= 15 is 0 Å². The molecule has 2 N–H and O–H groups in total. The van der Waals surface area contributed by atoms with Crippen LogP contribution in [0.5, 0.6) is 0 Å². The number of amides is 2. The Kier molecular flexibility index (Phi) is 7.41. The zero-order valence-corrected chi connectivity index (χ0v) is 16.8. The molecule has 1 saturated heterocycles. The number of anilines is 1. The third-order valence-corrected chi connectivity index (χ3v) is 5.08. The molecule has 0 unspecified atom stereocenters. The number of carbonyl (C=O) groups excluding carboxylic acids is 2. The lowest BCUT2D eigenvalue weighted by Gasteiger charge is -2.36. The summed E-state index contributed by atoms with van der Waals surface area (Å²) < 4.78 is 0. The van der Waals surface area contributed by atoms with Gasteiger partial charge in [0.05, 0.1) is 0 Å². The maximum absolute atomic E-state index is 12.0. The van der Waals surface area contributed by atoms with Crippen LogP contribution >= 0.6 is 0 Å². The van der Waals surface area contributed by atoms with E-state index in [-0.39, 0.29) is 11.8 Å². The summed E-state index contributed by atoms with van der Waals surface area (Å²) in [5.41, 5.74) is 8.23. The van der Waals surface area contributed by atoms with Crippen LogP contribution in [0.3, 0.4) is 0 Å². The molecule has 1 heterocycles. The zero-order valence-electron chi connectivity index (χ0n) is 16.8. The number of hydrogen-bond acceptors (Lipinski definition) is 4. The van der Waals surface area contributed by atoms with Gasteiger partial charge in [0.1, 0.15) is 0 Å². The van der Waals surface area contributed by atoms with E-state index in [0.717, 1.165) is 37.3 Å². The quantitative estimate of drug-likeness (QED) is 0.585. The molecule has 3 rings (SSSR count). The van der Waals surface area contributed by atoms with Crippen molar-refractivity contribution >= 4 is 23.6 Å². The summed E-state index contributed by atoms with van der Waals surface area (Å²) in [6.07, 6.45) is 3.52. The van der Waals surface area contributed by atoms with Crippen molar-refractivity contribution < 1.29 is 9.59 Å². The molecule has 0 spiro atoms. The van der Waals surface area contributed by atoms with Crippen molar-refractivity contribution in [2.24, 2.45) is 0 Å². The second-order valence-electron chi connectivity index (χ2n) is 7.14. The highest BCUT2D eigenvalue weighted by atomic mass is 16.2. The summed E-state index contributed by atoms with van der Waals surface area (Å²) in [4.78, 5) is 28.5. The summed E-state index contributed by atoms with van der Waals surface area (Å²) in [6, 6.07) is 18.2. The van der Waals surface area contributed by atoms with Crippen LogP contribution in [0.25, 0.3) is 6.08 Å². The lowest BCUT2D eigenvalue weighted by atomic mass is 10.1. The van der Waals surface area contributed by atoms with Gasteiger partial charge >= 0.3 is 0 Å². The van der Waals surface area contributed by atoms with Crippen LogP contribution in [0.15, 0.2) is 60.7 Å². The molecule has 0 bridgehead atoms. The largest absolute Gasteiger partial charge is 0.369 e. The van der Waals surface area contributed by atoms with Crippen molar-refractivity contribution in [3.63, 3.8) is 0 Å². The van der Waals surface area contributed by atoms with E-state index < -0.39 is 0 Å². The maximum Gasteiger partial charge on any atom is 0.262 e. The van der Waals surface area contributed by atoms with Crippen molar-refractivity contribution in [2.45, 2.75) is 13.3 Å². The Bertz CT molecular complexity index is 843. The SMILES string of the molecule is Cc1ccccc1/C=C/C(=O)NNC(=O)CCN1CCN(c2ccccc2)CC1. The molecule has 0 radical (unpaired) electrons. The fraction of sp³-hybridized carbons (Fsp3) is 0.304. The summed E-state index contributed by atoms with van der Waals surface area (Å²) >= 11 is 0. The Morgan fingerprint density at radius 2 is 1.62 bits per heavy atom. The van der Waals surface area contributed by atoms with E-state index in [1.807, 2.05) is 37.3 Å². The first-order valence-corrected chi connectivity index (χ1v) is 9.97. The average Bonchev–Trinajstić information content (AvgIpc) is 2.76. The van der Waals surface area contributed by atoms with Crippen LogP contribution in [0, 0.1) is 6.92 Å². The molecule has 1 aliphatic rings. The van der Waals surface area contributed by atoms with Crippen molar-refractivity contribution in [1.29, 1.82) is 0 Å². The Labute approximate surface area is 172 Å². The minimum absolute atomic E-state index is 0.187. The normalized spacial score (nSPS) is 14.7. The van der Waals surface area contributed by atoms with Crippen molar-refractivity contribution in [1.82, 2.24) is 15.8 Å². The van der Waals surface area contributed by atoms with Crippen molar-refractivity contribution in [3.8, 4) is 0 Å². The number of aryl methyl sites for hydroxylation is 1. The fourth-order valence-corrected chi connectivity index (χ4v) is 3.30. The third-order valence-electron chi connectivity index (χ3n) is 5.08. The molecular weight excluding hydrogens is 364 g/mol. The van der Waals surface area contributed by atoms with Gasteiger partial charge in [0.15, 0.2) is 0 Å². The standard InChI is InChI=1S/C23H28N4O2/c1-19-7-5-6-8-20(19)11-12-22(28)24-25-23(29)13-14-26-15-17-27(18-16-26)21-9-3-2-4-10-21/h2-12H,13-18H2,1H3,(H,24,28)(H,25,29)/b12-11+. The first-order valence-electron chi connectivity index (χ1n) is 9.97. The molecule has 0 aromatic heterocycles. The lowest BCUT2D eigenvalue weighted by Crippen LogP contribution is -2.48. The van der Waals surface area contributed by atoms with E-state index in [2.05, 4.69) is 44.9 Å². The van der Waals surface area contributed by atoms with Gasteiger partial charge in [-0.2, -0.15) is 0 Å². The fourth-order valence-electron chi connectivity index (χ4n) is 3.30. The third kappa shape index (κ3) is 6.47. The number of hydrazine groups is 1. The van der Waals surface area contributed by atoms with Gasteiger partial charge in [-0.25, -0.2) is 0 Å². The topological polar surface area (TPSA) is 64.7 Å². The highest BCUT2D eigenvalue weighted by Crippen LogP contribution is 2.15. The molecule has 0 atom stereocenters. The van der Waals surface area contributed by atoms with Crippen molar-refractivity contribution in [3.05, 3.63) is 71.8 Å². The predicted molar refractivity (Wildman–Crippen MR) is 116 cm³/mol. The molecule has 2 aromatic carbocycles. The van der Waals surface area contributed by atoms with Crippen LogP contribution in [0.2, 0.25) is 0 Å². The number of para-hydroxylation sites is 1. The molecule has 6 nitrogen and oxygen atoms in total. The second-order valence-corrected chi connectivity index (χ2v) is 7.14. The Morgan fingerprint density at radius 3 is 2.34 bits per heavy atom. The molecule has 2 amide bonds. The molecular formula is C23H28N4O2. The van der Waals surface area contributed by atoms with E-state index in [1.54, 1.807) is 6.08 Å². The highest BCUT2D eigenvalue weighted by Gasteiger charge is 2.17. The molecule has 6 heteroatoms. The van der Waals surface area contributed by atoms with Gasteiger partial charge in [-0.15, -0.1) is 0 Å². The molecule has 1 aliphatic heterocycles. The summed E-state index contributed by atoms with van der Waals surface area (Å²) in [7, 11) is 0. The molecule has 29 heavy (non-hydrogen) atoms. The van der Waals surface area contributed by atoms with E-state index in [1.165, 1.54) is 11.8 Å². The summed E-state index contributed by atoms with van der Waals surface area (Å²) in [5, 5.41) is 0. The Hall–Kier alpha value is -3.12. The Morgan fingerprint density at radius 1 is 0.931 bits per heavy atom. The van der Waals surface area contributed by atoms with Gasteiger partial charge in [0, 0.05) is 50.9 Å². The highest BCUT2D eigenvalue weighted by molar-refractivity contribution is 5.93. The van der Waals surface area contributed by atoms with E-state index in [0.29, 0.717) is 13.0 Å². The number of carbonyl (C=O) groups is 2. The van der Waals surface area contributed by atoms with Crippen LogP contribution < -0.4 is 15.8 Å². The van der Waals surface area contributed by atoms with Gasteiger partial charge in [0.2, 0.25) is 5.91 Å². The number of hydrogen-bond donors (Lipinski definition) is 2. The van der Waals surface area contributed by atoms with E-state index in [9.17, 15) is 9.59 Å². The zero-order chi connectivity index (χ0) is 20.5.